The van der Waals surface area contributed by atoms with Gasteiger partial charge in [-0.1, -0.05) is 17.7 Å². The van der Waals surface area contributed by atoms with Gasteiger partial charge in [-0.25, -0.2) is 0 Å². The van der Waals surface area contributed by atoms with Crippen LogP contribution in [0.3, 0.4) is 0 Å². The van der Waals surface area contributed by atoms with E-state index in [1.165, 1.54) is 11.3 Å². The summed E-state index contributed by atoms with van der Waals surface area (Å²) in [5.41, 5.74) is 4.33. The number of fused-ring (bicyclic) bond motifs is 1. The predicted octanol–water partition coefficient (Wildman–Crippen LogP) is 4.43. The van der Waals surface area contributed by atoms with Crippen molar-refractivity contribution in [2.75, 3.05) is 26.1 Å². The number of thiophene rings is 1. The standard InChI is InChI=1S/C28H30N4O4S/c1-18-4-7-24(36-3)19(14-18)5-8-26(33)31-28-23(16-29)22-11-13-32(17-25(22)37-28)27(34)9-6-20-15-21(35-2)10-12-30-20/h4,7,10,12,14-15H,5-6,8-9,11,13,17H2,1-3H3,(H,31,33). The molecule has 3 heterocycles. The van der Waals surface area contributed by atoms with Gasteiger partial charge in [-0.2, -0.15) is 5.26 Å². The molecule has 0 saturated carbocycles. The SMILES string of the molecule is COc1ccnc(CCC(=O)N2CCc3c(sc(NC(=O)CCc4cc(C)ccc4OC)c3C#N)C2)c1. The van der Waals surface area contributed by atoms with Crippen molar-refractivity contribution >= 4 is 28.2 Å². The molecule has 0 bridgehead atoms. The Morgan fingerprint density at radius 1 is 1.16 bits per heavy atom. The van der Waals surface area contributed by atoms with Crippen LogP contribution in [0.25, 0.3) is 0 Å². The van der Waals surface area contributed by atoms with E-state index in [-0.39, 0.29) is 18.2 Å². The monoisotopic (exact) mass is 518 g/mol. The molecule has 37 heavy (non-hydrogen) atoms. The molecule has 4 rings (SSSR count). The maximum absolute atomic E-state index is 12.9. The lowest BCUT2D eigenvalue weighted by Gasteiger charge is -2.27. The average molecular weight is 519 g/mol. The fraction of sp³-hybridized carbons (Fsp3) is 0.357. The summed E-state index contributed by atoms with van der Waals surface area (Å²) in [6, 6.07) is 11.8. The molecule has 0 unspecified atom stereocenters. The number of anilines is 1. The van der Waals surface area contributed by atoms with Gasteiger partial charge in [-0.05, 0) is 49.4 Å². The van der Waals surface area contributed by atoms with E-state index in [1.807, 2.05) is 36.1 Å². The first-order valence-electron chi connectivity index (χ1n) is 12.2. The molecule has 0 fully saturated rings. The normalized spacial score (nSPS) is 12.4. The van der Waals surface area contributed by atoms with Crippen molar-refractivity contribution in [3.63, 3.8) is 0 Å². The number of benzene rings is 1. The molecule has 2 amide bonds. The minimum absolute atomic E-state index is 0.0415. The molecule has 3 aromatic rings. The third-order valence-electron chi connectivity index (χ3n) is 6.45. The Balaban J connectivity index is 1.37. The Bertz CT molecular complexity index is 1340. The van der Waals surface area contributed by atoms with Gasteiger partial charge in [-0.3, -0.25) is 14.6 Å². The summed E-state index contributed by atoms with van der Waals surface area (Å²) in [7, 11) is 3.22. The van der Waals surface area contributed by atoms with E-state index in [2.05, 4.69) is 16.4 Å². The van der Waals surface area contributed by atoms with Crippen molar-refractivity contribution < 1.29 is 19.1 Å². The van der Waals surface area contributed by atoms with Crippen LogP contribution in [0.1, 0.15) is 45.7 Å². The van der Waals surface area contributed by atoms with E-state index < -0.39 is 0 Å². The van der Waals surface area contributed by atoms with Gasteiger partial charge in [0.25, 0.3) is 0 Å². The molecular weight excluding hydrogens is 488 g/mol. The third kappa shape index (κ3) is 6.27. The van der Waals surface area contributed by atoms with Gasteiger partial charge in [0.05, 0.1) is 26.3 Å². The molecule has 1 aliphatic heterocycles. The highest BCUT2D eigenvalue weighted by atomic mass is 32.1. The zero-order valence-electron chi connectivity index (χ0n) is 21.3. The zero-order chi connectivity index (χ0) is 26.4. The van der Waals surface area contributed by atoms with Gasteiger partial charge in [0.1, 0.15) is 22.6 Å². The van der Waals surface area contributed by atoms with Crippen molar-refractivity contribution in [3.8, 4) is 17.6 Å². The first-order chi connectivity index (χ1) is 17.9. The van der Waals surface area contributed by atoms with Crippen LogP contribution in [-0.4, -0.2) is 42.5 Å². The molecule has 1 N–H and O–H groups in total. The lowest BCUT2D eigenvalue weighted by Crippen LogP contribution is -2.35. The van der Waals surface area contributed by atoms with Crippen LogP contribution in [0.2, 0.25) is 0 Å². The summed E-state index contributed by atoms with van der Waals surface area (Å²) in [5, 5.41) is 13.3. The number of aryl methyl sites for hydroxylation is 3. The van der Waals surface area contributed by atoms with Crippen LogP contribution >= 0.6 is 11.3 Å². The Kier molecular flexibility index (Phi) is 8.41. The molecule has 1 aliphatic rings. The topological polar surface area (TPSA) is 105 Å². The predicted molar refractivity (Wildman–Crippen MR) is 142 cm³/mol. The van der Waals surface area contributed by atoms with Crippen molar-refractivity contribution in [1.29, 1.82) is 5.26 Å². The van der Waals surface area contributed by atoms with Crippen molar-refractivity contribution in [2.45, 2.75) is 45.6 Å². The van der Waals surface area contributed by atoms with Gasteiger partial charge < -0.3 is 19.7 Å². The molecule has 0 atom stereocenters. The lowest BCUT2D eigenvalue weighted by molar-refractivity contribution is -0.132. The smallest absolute Gasteiger partial charge is 0.225 e. The van der Waals surface area contributed by atoms with E-state index in [1.54, 1.807) is 26.5 Å². The second kappa shape index (κ2) is 11.9. The van der Waals surface area contributed by atoms with E-state index in [4.69, 9.17) is 9.47 Å². The minimum Gasteiger partial charge on any atom is -0.497 e. The average Bonchev–Trinajstić information content (AvgIpc) is 3.26. The number of hydrogen-bond acceptors (Lipinski definition) is 7. The van der Waals surface area contributed by atoms with E-state index >= 15 is 0 Å². The first-order valence-corrected chi connectivity index (χ1v) is 13.0. The zero-order valence-corrected chi connectivity index (χ0v) is 22.1. The van der Waals surface area contributed by atoms with Gasteiger partial charge in [0, 0.05) is 42.2 Å². The van der Waals surface area contributed by atoms with Crippen LogP contribution in [0.4, 0.5) is 5.00 Å². The summed E-state index contributed by atoms with van der Waals surface area (Å²) in [6.45, 7) is 2.99. The number of hydrogen-bond donors (Lipinski definition) is 1. The molecule has 9 heteroatoms. The first kappa shape index (κ1) is 26.2. The number of nitrogens with zero attached hydrogens (tertiary/aromatic N) is 3. The van der Waals surface area contributed by atoms with Crippen LogP contribution in [-0.2, 0) is 35.4 Å². The molecule has 1 aromatic carbocycles. The number of ether oxygens (including phenoxy) is 2. The number of pyridine rings is 1. The number of carbonyl (C=O) groups is 2. The van der Waals surface area contributed by atoms with E-state index in [9.17, 15) is 14.9 Å². The molecule has 0 radical (unpaired) electrons. The number of aromatic nitrogens is 1. The summed E-state index contributed by atoms with van der Waals surface area (Å²) >= 11 is 1.39. The van der Waals surface area contributed by atoms with Gasteiger partial charge in [0.15, 0.2) is 0 Å². The molecule has 8 nitrogen and oxygen atoms in total. The highest BCUT2D eigenvalue weighted by Gasteiger charge is 2.27. The Hall–Kier alpha value is -3.90. The van der Waals surface area contributed by atoms with Crippen LogP contribution in [0.5, 0.6) is 11.5 Å². The Morgan fingerprint density at radius 2 is 2.00 bits per heavy atom. The second-order valence-corrected chi connectivity index (χ2v) is 10.0. The van der Waals surface area contributed by atoms with Crippen molar-refractivity contribution in [3.05, 3.63) is 69.4 Å². The minimum atomic E-state index is -0.155. The molecular formula is C28H30N4O4S. The quantitative estimate of drug-likeness (QED) is 0.449. The van der Waals surface area contributed by atoms with Gasteiger partial charge in [0.2, 0.25) is 11.8 Å². The van der Waals surface area contributed by atoms with Crippen LogP contribution in [0.15, 0.2) is 36.5 Å². The molecule has 192 valence electrons. The molecule has 2 aromatic heterocycles. The Labute approximate surface area is 220 Å². The summed E-state index contributed by atoms with van der Waals surface area (Å²) < 4.78 is 10.6. The fourth-order valence-corrected chi connectivity index (χ4v) is 5.71. The van der Waals surface area contributed by atoms with Crippen molar-refractivity contribution in [1.82, 2.24) is 9.88 Å². The van der Waals surface area contributed by atoms with Gasteiger partial charge in [-0.15, -0.1) is 11.3 Å². The fourth-order valence-electron chi connectivity index (χ4n) is 4.48. The highest BCUT2D eigenvalue weighted by Crippen LogP contribution is 2.37. The number of carbonyl (C=O) groups excluding carboxylic acids is 2. The lowest BCUT2D eigenvalue weighted by atomic mass is 10.0. The number of nitrogens with one attached hydrogen (secondary N) is 1. The summed E-state index contributed by atoms with van der Waals surface area (Å²) in [4.78, 5) is 32.7. The summed E-state index contributed by atoms with van der Waals surface area (Å²) in [6.07, 6.45) is 3.95. The second-order valence-electron chi connectivity index (χ2n) is 8.94. The number of nitriles is 1. The third-order valence-corrected chi connectivity index (χ3v) is 7.58. The van der Waals surface area contributed by atoms with E-state index in [0.29, 0.717) is 49.3 Å². The largest absolute Gasteiger partial charge is 0.497 e. The highest BCUT2D eigenvalue weighted by molar-refractivity contribution is 7.16. The molecule has 0 spiro atoms. The van der Waals surface area contributed by atoms with Crippen molar-refractivity contribution in [2.24, 2.45) is 0 Å². The number of rotatable bonds is 9. The van der Waals surface area contributed by atoms with Gasteiger partial charge >= 0.3 is 0 Å². The maximum Gasteiger partial charge on any atom is 0.225 e. The number of methoxy groups -OCH3 is 2. The number of amides is 2. The molecule has 0 aliphatic carbocycles. The maximum atomic E-state index is 12.9. The van der Waals surface area contributed by atoms with E-state index in [0.717, 1.165) is 38.8 Å². The van der Waals surface area contributed by atoms with Crippen LogP contribution < -0.4 is 14.8 Å². The van der Waals surface area contributed by atoms with Crippen LogP contribution in [0, 0.1) is 18.3 Å². The molecule has 0 saturated heterocycles. The summed E-state index contributed by atoms with van der Waals surface area (Å²) in [5.74, 6) is 1.36. The Morgan fingerprint density at radius 3 is 2.76 bits per heavy atom.